The van der Waals surface area contributed by atoms with Gasteiger partial charge in [0.05, 0.1) is 17.4 Å². The number of piperidine rings is 1. The Morgan fingerprint density at radius 2 is 2.07 bits per heavy atom. The molecule has 0 aromatic heterocycles. The Morgan fingerprint density at radius 1 is 1.37 bits per heavy atom. The predicted octanol–water partition coefficient (Wildman–Crippen LogP) is 2.68. The molecule has 2 rings (SSSR count). The van der Waals surface area contributed by atoms with Crippen molar-refractivity contribution in [1.82, 2.24) is 10.2 Å². The van der Waals surface area contributed by atoms with Crippen molar-refractivity contribution in [3.8, 4) is 6.07 Å². The minimum Gasteiger partial charge on any atom is -0.478 e. The summed E-state index contributed by atoms with van der Waals surface area (Å²) in [7, 11) is 0. The van der Waals surface area contributed by atoms with Gasteiger partial charge in [0.25, 0.3) is 0 Å². The molecule has 2 aliphatic rings. The summed E-state index contributed by atoms with van der Waals surface area (Å²) in [6.07, 6.45) is 14.3. The van der Waals surface area contributed by atoms with E-state index in [1.165, 1.54) is 25.4 Å². The quantitative estimate of drug-likeness (QED) is 0.583. The number of likely N-dealkylation sites (tertiary alicyclic amines) is 1. The smallest absolute Gasteiger partial charge is 0.336 e. The molecule has 7 heteroatoms. The van der Waals surface area contributed by atoms with Gasteiger partial charge in [-0.15, -0.1) is 0 Å². The Labute approximate surface area is 177 Å². The lowest BCUT2D eigenvalue weighted by Crippen LogP contribution is -2.44. The van der Waals surface area contributed by atoms with Crippen molar-refractivity contribution in [2.45, 2.75) is 25.5 Å². The molecule has 1 atom stereocenters. The number of nitrogens with one attached hydrogen (secondary N) is 1. The first-order valence-corrected chi connectivity index (χ1v) is 9.71. The molecule has 0 spiro atoms. The number of carboxylic acids is 1. The fraction of sp³-hybridized carbons (Fsp3) is 0.348. The number of hydrogen-bond acceptors (Lipinski definition) is 6. The van der Waals surface area contributed by atoms with Crippen molar-refractivity contribution in [2.75, 3.05) is 19.6 Å². The maximum Gasteiger partial charge on any atom is 0.336 e. The van der Waals surface area contributed by atoms with E-state index in [1.807, 2.05) is 12.2 Å². The van der Waals surface area contributed by atoms with Gasteiger partial charge in [-0.05, 0) is 49.8 Å². The van der Waals surface area contributed by atoms with E-state index in [-0.39, 0.29) is 5.57 Å². The second-order valence-electron chi connectivity index (χ2n) is 7.44. The van der Waals surface area contributed by atoms with Crippen molar-refractivity contribution in [1.29, 1.82) is 5.26 Å². The van der Waals surface area contributed by atoms with Crippen LogP contribution in [-0.4, -0.2) is 52.2 Å². The van der Waals surface area contributed by atoms with Crippen LogP contribution in [0.2, 0.25) is 0 Å². The number of hydrogen-bond donors (Lipinski definition) is 3. The van der Waals surface area contributed by atoms with Crippen LogP contribution < -0.4 is 5.32 Å². The summed E-state index contributed by atoms with van der Waals surface area (Å²) in [6.45, 7) is 10.6. The van der Waals surface area contributed by atoms with Crippen molar-refractivity contribution < 1.29 is 15.0 Å². The Hall–Kier alpha value is -3.21. The molecule has 0 bridgehead atoms. The molecule has 0 amide bonds. The second-order valence-corrected chi connectivity index (χ2v) is 7.44. The summed E-state index contributed by atoms with van der Waals surface area (Å²) in [5, 5.41) is 32.6. The molecule has 0 aromatic rings. The molecule has 30 heavy (non-hydrogen) atoms. The number of carboxylic acid groups (broad SMARTS) is 1. The van der Waals surface area contributed by atoms with E-state index in [0.29, 0.717) is 38.2 Å². The van der Waals surface area contributed by atoms with Crippen LogP contribution in [-0.2, 0) is 4.79 Å². The molecular formula is C23H28N4O3. The molecule has 1 saturated heterocycles. The Bertz CT molecular complexity index is 877. The van der Waals surface area contributed by atoms with Gasteiger partial charge >= 0.3 is 5.97 Å². The number of rotatable bonds is 6. The first-order valence-electron chi connectivity index (χ1n) is 9.71. The zero-order chi connectivity index (χ0) is 22.2. The van der Waals surface area contributed by atoms with Crippen LogP contribution in [0.1, 0.15) is 19.8 Å². The molecule has 7 nitrogen and oxygen atoms in total. The van der Waals surface area contributed by atoms with Gasteiger partial charge in [0, 0.05) is 25.8 Å². The molecule has 1 unspecified atom stereocenters. The number of nitrogens with zero attached hydrogens (tertiary/aromatic N) is 3. The van der Waals surface area contributed by atoms with Gasteiger partial charge in [-0.2, -0.15) is 5.26 Å². The van der Waals surface area contributed by atoms with Gasteiger partial charge < -0.3 is 15.5 Å². The summed E-state index contributed by atoms with van der Waals surface area (Å²) < 4.78 is 0. The second kappa shape index (κ2) is 10.0. The average Bonchev–Trinajstić information content (AvgIpc) is 2.72. The molecular weight excluding hydrogens is 380 g/mol. The number of allylic oxidation sites excluding steroid dienone is 5. The third-order valence-electron chi connectivity index (χ3n) is 5.32. The molecule has 158 valence electrons. The largest absolute Gasteiger partial charge is 0.478 e. The molecule has 0 aromatic carbocycles. The van der Waals surface area contributed by atoms with E-state index in [1.54, 1.807) is 18.2 Å². The fourth-order valence-corrected chi connectivity index (χ4v) is 3.58. The van der Waals surface area contributed by atoms with E-state index in [4.69, 9.17) is 0 Å². The lowest BCUT2D eigenvalue weighted by Gasteiger charge is -2.37. The zero-order valence-electron chi connectivity index (χ0n) is 17.2. The van der Waals surface area contributed by atoms with E-state index < -0.39 is 17.1 Å². The monoisotopic (exact) mass is 408 g/mol. The zero-order valence-corrected chi connectivity index (χ0v) is 17.2. The maximum atomic E-state index is 11.7. The van der Waals surface area contributed by atoms with Gasteiger partial charge in [-0.25, -0.2) is 4.79 Å². The van der Waals surface area contributed by atoms with E-state index in [2.05, 4.69) is 34.4 Å². The number of aliphatic imine (C=N–C) groups is 1. The highest BCUT2D eigenvalue weighted by Gasteiger charge is 2.38. The molecule has 0 saturated carbocycles. The topological polar surface area (TPSA) is 109 Å². The van der Waals surface area contributed by atoms with Crippen LogP contribution in [0, 0.1) is 16.7 Å². The van der Waals surface area contributed by atoms with Gasteiger partial charge in [0.2, 0.25) is 0 Å². The van der Waals surface area contributed by atoms with Gasteiger partial charge in [0.15, 0.2) is 5.72 Å². The third-order valence-corrected chi connectivity index (χ3v) is 5.32. The summed E-state index contributed by atoms with van der Waals surface area (Å²) in [4.78, 5) is 18.1. The highest BCUT2D eigenvalue weighted by molar-refractivity contribution is 6.01. The van der Waals surface area contributed by atoms with Crippen LogP contribution in [0.4, 0.5) is 0 Å². The standard InChI is InChI=1S/C23H28N4O3/c1-4-20(25-5-2)23(17-24)10-13-27(14-11-23)16-18-9-7-6-8-12-26-22(3,30)19(15-18)21(28)29/h4-9,12,15,26,30H,1-2,10-11,13-14,16H2,3H3,(H,28,29)/b7-6-,12-8-,18-9-,19-15-,25-20?. The number of nitriles is 1. The summed E-state index contributed by atoms with van der Waals surface area (Å²) in [6, 6.07) is 2.40. The van der Waals surface area contributed by atoms with E-state index in [0.717, 1.165) is 5.57 Å². The maximum absolute atomic E-state index is 11.7. The summed E-state index contributed by atoms with van der Waals surface area (Å²) >= 11 is 0. The molecule has 2 heterocycles. The Morgan fingerprint density at radius 3 is 2.63 bits per heavy atom. The molecule has 1 fully saturated rings. The predicted molar refractivity (Wildman–Crippen MR) is 117 cm³/mol. The highest BCUT2D eigenvalue weighted by Crippen LogP contribution is 2.33. The van der Waals surface area contributed by atoms with Crippen LogP contribution in [0.15, 0.2) is 78.2 Å². The highest BCUT2D eigenvalue weighted by atomic mass is 16.4. The number of carbonyl (C=O) groups is 1. The molecule has 0 radical (unpaired) electrons. The van der Waals surface area contributed by atoms with Crippen LogP contribution >= 0.6 is 0 Å². The van der Waals surface area contributed by atoms with Crippen molar-refractivity contribution in [3.63, 3.8) is 0 Å². The minimum atomic E-state index is -1.72. The summed E-state index contributed by atoms with van der Waals surface area (Å²) in [5.41, 5.74) is -1.19. The van der Waals surface area contributed by atoms with Crippen molar-refractivity contribution >= 4 is 11.7 Å². The first-order chi connectivity index (χ1) is 14.3. The lowest BCUT2D eigenvalue weighted by atomic mass is 9.75. The van der Waals surface area contributed by atoms with E-state index >= 15 is 0 Å². The Kier molecular flexibility index (Phi) is 7.70. The van der Waals surface area contributed by atoms with Crippen LogP contribution in [0.3, 0.4) is 0 Å². The van der Waals surface area contributed by atoms with Gasteiger partial charge in [0.1, 0.15) is 5.41 Å². The van der Waals surface area contributed by atoms with Crippen LogP contribution in [0.25, 0.3) is 0 Å². The van der Waals surface area contributed by atoms with E-state index in [9.17, 15) is 20.3 Å². The van der Waals surface area contributed by atoms with Gasteiger partial charge in [-0.1, -0.05) is 31.4 Å². The van der Waals surface area contributed by atoms with Crippen molar-refractivity contribution in [3.05, 3.63) is 73.2 Å². The fourth-order valence-electron chi connectivity index (χ4n) is 3.58. The lowest BCUT2D eigenvalue weighted by molar-refractivity contribution is -0.135. The molecule has 0 aliphatic carbocycles. The summed E-state index contributed by atoms with van der Waals surface area (Å²) in [5.74, 6) is -1.20. The SMILES string of the molecule is C=CN=C(C=C)C1(C#N)CCN(CC2=C\C=C/C=C\NC(C)(O)/C(C(=O)O)=C\2)CC1. The normalized spacial score (nSPS) is 30.2. The van der Waals surface area contributed by atoms with Crippen molar-refractivity contribution in [2.24, 2.45) is 10.4 Å². The number of aliphatic carboxylic acids is 1. The first kappa shape index (κ1) is 23.1. The molecule has 2 aliphatic heterocycles. The third kappa shape index (κ3) is 5.44. The average molecular weight is 409 g/mol. The minimum absolute atomic E-state index is 0.149. The number of aliphatic hydroxyl groups is 1. The van der Waals surface area contributed by atoms with Gasteiger partial charge in [-0.3, -0.25) is 9.89 Å². The Balaban J connectivity index is 2.24. The molecule has 3 N–H and O–H groups in total. The van der Waals surface area contributed by atoms with Crippen LogP contribution in [0.5, 0.6) is 0 Å².